The molecule has 1 aliphatic rings. The number of nitrogens with zero attached hydrogens (tertiary/aromatic N) is 1. The highest BCUT2D eigenvalue weighted by Crippen LogP contribution is 2.23. The van der Waals surface area contributed by atoms with Gasteiger partial charge in [0.25, 0.3) is 5.91 Å². The van der Waals surface area contributed by atoms with Crippen molar-refractivity contribution in [2.45, 2.75) is 38.3 Å². The molecule has 2 N–H and O–H groups in total. The lowest BCUT2D eigenvalue weighted by atomic mass is 9.96. The Labute approximate surface area is 117 Å². The molecule has 5 heteroatoms. The molecule has 1 aromatic carbocycles. The molecule has 3 nitrogen and oxygen atoms in total. The largest absolute Gasteiger partial charge is 0.334 e. The molecule has 19 heavy (non-hydrogen) atoms. The van der Waals surface area contributed by atoms with Crippen LogP contribution in [0.25, 0.3) is 0 Å². The predicted molar refractivity (Wildman–Crippen MR) is 73.7 cm³/mol. The number of carbonyl (C=O) groups excluding carboxylic acids is 1. The highest BCUT2D eigenvalue weighted by molar-refractivity contribution is 6.30. The van der Waals surface area contributed by atoms with E-state index in [0.29, 0.717) is 12.1 Å². The summed E-state index contributed by atoms with van der Waals surface area (Å²) in [5.41, 5.74) is 6.27. The number of likely N-dealkylation sites (tertiary alicyclic amines) is 1. The molecule has 0 radical (unpaired) electrons. The van der Waals surface area contributed by atoms with Gasteiger partial charge in [0, 0.05) is 24.2 Å². The van der Waals surface area contributed by atoms with Crippen LogP contribution in [0.4, 0.5) is 4.39 Å². The fourth-order valence-corrected chi connectivity index (χ4v) is 2.67. The summed E-state index contributed by atoms with van der Waals surface area (Å²) in [6, 6.07) is 4.11. The summed E-state index contributed by atoms with van der Waals surface area (Å²) in [7, 11) is 0. The molecule has 0 aliphatic carbocycles. The SMILES string of the molecule is CC(N)C1CCCCN1C(=O)c1ccc(Cl)c(F)c1. The number of nitrogens with two attached hydrogens (primary N) is 1. The van der Waals surface area contributed by atoms with Gasteiger partial charge in [0.15, 0.2) is 0 Å². The van der Waals surface area contributed by atoms with Crippen LogP contribution in [0.15, 0.2) is 18.2 Å². The van der Waals surface area contributed by atoms with Crippen LogP contribution in [0.2, 0.25) is 5.02 Å². The molecule has 0 saturated carbocycles. The monoisotopic (exact) mass is 284 g/mol. The van der Waals surface area contributed by atoms with E-state index in [4.69, 9.17) is 17.3 Å². The van der Waals surface area contributed by atoms with Crippen molar-refractivity contribution >= 4 is 17.5 Å². The first-order valence-corrected chi connectivity index (χ1v) is 6.90. The zero-order valence-corrected chi connectivity index (χ0v) is 11.7. The first-order chi connectivity index (χ1) is 9.00. The van der Waals surface area contributed by atoms with Crippen LogP contribution in [0.1, 0.15) is 36.5 Å². The Kier molecular flexibility index (Phi) is 4.42. The van der Waals surface area contributed by atoms with E-state index in [9.17, 15) is 9.18 Å². The third-order valence-corrected chi connectivity index (χ3v) is 3.89. The third-order valence-electron chi connectivity index (χ3n) is 3.58. The average Bonchev–Trinajstić information content (AvgIpc) is 2.41. The first-order valence-electron chi connectivity index (χ1n) is 6.52. The maximum atomic E-state index is 13.4. The number of hydrogen-bond acceptors (Lipinski definition) is 2. The number of rotatable bonds is 2. The minimum absolute atomic E-state index is 0.0268. The minimum Gasteiger partial charge on any atom is -0.334 e. The van der Waals surface area contributed by atoms with Crippen molar-refractivity contribution in [1.82, 2.24) is 4.90 Å². The summed E-state index contributed by atoms with van der Waals surface area (Å²) in [6.07, 6.45) is 2.94. The number of hydrogen-bond donors (Lipinski definition) is 1. The summed E-state index contributed by atoms with van der Waals surface area (Å²) >= 11 is 5.63. The number of amides is 1. The smallest absolute Gasteiger partial charge is 0.254 e. The van der Waals surface area contributed by atoms with Gasteiger partial charge >= 0.3 is 0 Å². The quantitative estimate of drug-likeness (QED) is 0.908. The maximum absolute atomic E-state index is 13.4. The van der Waals surface area contributed by atoms with Gasteiger partial charge in [0.2, 0.25) is 0 Å². The van der Waals surface area contributed by atoms with E-state index in [1.165, 1.54) is 12.1 Å². The molecule has 0 aromatic heterocycles. The van der Waals surface area contributed by atoms with Crippen LogP contribution < -0.4 is 5.73 Å². The van der Waals surface area contributed by atoms with Crippen molar-refractivity contribution in [3.63, 3.8) is 0 Å². The zero-order chi connectivity index (χ0) is 14.0. The van der Waals surface area contributed by atoms with Gasteiger partial charge in [0.05, 0.1) is 5.02 Å². The van der Waals surface area contributed by atoms with Crippen LogP contribution in [0.3, 0.4) is 0 Å². The summed E-state index contributed by atoms with van der Waals surface area (Å²) in [6.45, 7) is 2.58. The van der Waals surface area contributed by atoms with Gasteiger partial charge in [-0.25, -0.2) is 4.39 Å². The van der Waals surface area contributed by atoms with Gasteiger partial charge in [0.1, 0.15) is 5.82 Å². The summed E-state index contributed by atoms with van der Waals surface area (Å²) in [4.78, 5) is 14.2. The second-order valence-electron chi connectivity index (χ2n) is 5.05. The highest BCUT2D eigenvalue weighted by atomic mass is 35.5. The molecule has 1 heterocycles. The Hall–Kier alpha value is -1.13. The molecule has 1 aliphatic heterocycles. The molecule has 1 fully saturated rings. The van der Waals surface area contributed by atoms with Crippen LogP contribution in [0.5, 0.6) is 0 Å². The molecule has 1 saturated heterocycles. The number of carbonyl (C=O) groups is 1. The first kappa shape index (κ1) is 14.3. The average molecular weight is 285 g/mol. The van der Waals surface area contributed by atoms with E-state index in [2.05, 4.69) is 0 Å². The Morgan fingerprint density at radius 1 is 1.53 bits per heavy atom. The van der Waals surface area contributed by atoms with Crippen molar-refractivity contribution < 1.29 is 9.18 Å². The lowest BCUT2D eigenvalue weighted by molar-refractivity contribution is 0.0583. The number of halogens is 2. The standard InChI is InChI=1S/C14H18ClFN2O/c1-9(17)13-4-2-3-7-18(13)14(19)10-5-6-11(15)12(16)8-10/h5-6,8-9,13H,2-4,7,17H2,1H3. The molecule has 1 amide bonds. The van der Waals surface area contributed by atoms with Gasteiger partial charge in [-0.2, -0.15) is 0 Å². The zero-order valence-electron chi connectivity index (χ0n) is 10.9. The van der Waals surface area contributed by atoms with E-state index in [0.717, 1.165) is 19.3 Å². The molecule has 2 rings (SSSR count). The van der Waals surface area contributed by atoms with E-state index in [1.54, 1.807) is 11.0 Å². The van der Waals surface area contributed by atoms with Gasteiger partial charge in [-0.3, -0.25) is 4.79 Å². The van der Waals surface area contributed by atoms with Crippen molar-refractivity contribution in [3.8, 4) is 0 Å². The predicted octanol–water partition coefficient (Wildman–Crippen LogP) is 2.82. The van der Waals surface area contributed by atoms with Crippen molar-refractivity contribution in [2.75, 3.05) is 6.54 Å². The van der Waals surface area contributed by atoms with Gasteiger partial charge in [-0.1, -0.05) is 11.6 Å². The molecule has 1 aromatic rings. The number of piperidine rings is 1. The van der Waals surface area contributed by atoms with Crippen LogP contribution >= 0.6 is 11.6 Å². The van der Waals surface area contributed by atoms with Crippen LogP contribution in [0, 0.1) is 5.82 Å². The Morgan fingerprint density at radius 2 is 2.26 bits per heavy atom. The molecular formula is C14H18ClFN2O. The summed E-state index contributed by atoms with van der Waals surface area (Å²) in [5, 5.41) is 0.0268. The van der Waals surface area contributed by atoms with Crippen LogP contribution in [-0.4, -0.2) is 29.4 Å². The van der Waals surface area contributed by atoms with Gasteiger partial charge < -0.3 is 10.6 Å². The molecule has 2 atom stereocenters. The molecule has 2 unspecified atom stereocenters. The van der Waals surface area contributed by atoms with E-state index in [-0.39, 0.29) is 23.0 Å². The topological polar surface area (TPSA) is 46.3 Å². The maximum Gasteiger partial charge on any atom is 0.254 e. The van der Waals surface area contributed by atoms with E-state index < -0.39 is 5.82 Å². The lowest BCUT2D eigenvalue weighted by Gasteiger charge is -2.38. The van der Waals surface area contributed by atoms with Crippen molar-refractivity contribution in [1.29, 1.82) is 0 Å². The fourth-order valence-electron chi connectivity index (χ4n) is 2.55. The van der Waals surface area contributed by atoms with E-state index >= 15 is 0 Å². The molecule has 104 valence electrons. The fraction of sp³-hybridized carbons (Fsp3) is 0.500. The van der Waals surface area contributed by atoms with E-state index in [1.807, 2.05) is 6.92 Å². The summed E-state index contributed by atoms with van der Waals surface area (Å²) < 4.78 is 13.4. The van der Waals surface area contributed by atoms with Crippen molar-refractivity contribution in [2.24, 2.45) is 5.73 Å². The third kappa shape index (κ3) is 3.07. The van der Waals surface area contributed by atoms with Crippen LogP contribution in [-0.2, 0) is 0 Å². The second-order valence-corrected chi connectivity index (χ2v) is 5.46. The Balaban J connectivity index is 2.23. The van der Waals surface area contributed by atoms with Crippen molar-refractivity contribution in [3.05, 3.63) is 34.6 Å². The Morgan fingerprint density at radius 3 is 2.89 bits per heavy atom. The second kappa shape index (κ2) is 5.88. The highest BCUT2D eigenvalue weighted by Gasteiger charge is 2.30. The molecule has 0 bridgehead atoms. The number of benzene rings is 1. The minimum atomic E-state index is -0.568. The molecule has 0 spiro atoms. The van der Waals surface area contributed by atoms with Gasteiger partial charge in [-0.05, 0) is 44.4 Å². The molecular weight excluding hydrogens is 267 g/mol. The Bertz CT molecular complexity index is 479. The normalized spacial score (nSPS) is 21.3. The van der Waals surface area contributed by atoms with Gasteiger partial charge in [-0.15, -0.1) is 0 Å². The summed E-state index contributed by atoms with van der Waals surface area (Å²) in [5.74, 6) is -0.737. The lowest BCUT2D eigenvalue weighted by Crippen LogP contribution is -2.51.